The summed E-state index contributed by atoms with van der Waals surface area (Å²) in [6.07, 6.45) is 1.05. The molecule has 0 amide bonds. The van der Waals surface area contributed by atoms with Crippen molar-refractivity contribution in [3.8, 4) is 0 Å². The Balaban J connectivity index is 3.33. The van der Waals surface area contributed by atoms with E-state index in [1.807, 2.05) is 0 Å². The molecule has 0 radical (unpaired) electrons. The van der Waals surface area contributed by atoms with Crippen molar-refractivity contribution < 1.29 is 12.8 Å². The topological polar surface area (TPSA) is 34.1 Å². The highest BCUT2D eigenvalue weighted by Gasteiger charge is 2.08. The van der Waals surface area contributed by atoms with Crippen molar-refractivity contribution in [1.82, 2.24) is 0 Å². The Bertz CT molecular complexity index is 400. The van der Waals surface area contributed by atoms with Gasteiger partial charge < -0.3 is 0 Å². The summed E-state index contributed by atoms with van der Waals surface area (Å²) in [4.78, 5) is 0.0143. The second kappa shape index (κ2) is 3.29. The molecule has 0 spiro atoms. The molecule has 0 saturated heterocycles. The molecule has 0 N–H and O–H groups in total. The van der Waals surface area contributed by atoms with Crippen LogP contribution in [0.4, 0.5) is 4.39 Å². The zero-order chi connectivity index (χ0) is 9.35. The molecule has 0 aliphatic carbocycles. The van der Waals surface area contributed by atoms with E-state index in [4.69, 9.17) is 0 Å². The maximum Gasteiger partial charge on any atom is 0.175 e. The van der Waals surface area contributed by atoms with Crippen molar-refractivity contribution in [3.63, 3.8) is 0 Å². The molecular formula is C7H6FIO2S. The van der Waals surface area contributed by atoms with Gasteiger partial charge in [-0.2, -0.15) is 0 Å². The van der Waals surface area contributed by atoms with Crippen LogP contribution in [0.2, 0.25) is 0 Å². The summed E-state index contributed by atoms with van der Waals surface area (Å²) < 4.78 is 35.1. The molecule has 0 unspecified atom stereocenters. The minimum absolute atomic E-state index is 0.0143. The average Bonchev–Trinajstić information content (AvgIpc) is 1.92. The van der Waals surface area contributed by atoms with Crippen molar-refractivity contribution in [3.05, 3.63) is 27.6 Å². The number of hydrogen-bond donors (Lipinski definition) is 0. The van der Waals surface area contributed by atoms with Gasteiger partial charge in [0.1, 0.15) is 5.82 Å². The zero-order valence-corrected chi connectivity index (χ0v) is 9.19. The van der Waals surface area contributed by atoms with Crippen LogP contribution in [0.15, 0.2) is 23.1 Å². The Labute approximate surface area is 83.8 Å². The third kappa shape index (κ3) is 2.16. The highest BCUT2D eigenvalue weighted by atomic mass is 127. The van der Waals surface area contributed by atoms with Crippen LogP contribution in [0.5, 0.6) is 0 Å². The fourth-order valence-electron chi connectivity index (χ4n) is 0.707. The molecule has 0 fully saturated rings. The summed E-state index contributed by atoms with van der Waals surface area (Å²) in [7, 11) is -3.29. The van der Waals surface area contributed by atoms with Crippen LogP contribution in [-0.2, 0) is 9.84 Å². The van der Waals surface area contributed by atoms with E-state index in [1.54, 1.807) is 22.6 Å². The predicted molar refractivity (Wildman–Crippen MR) is 52.2 cm³/mol. The first kappa shape index (κ1) is 9.91. The van der Waals surface area contributed by atoms with Gasteiger partial charge in [0.05, 0.1) is 4.90 Å². The quantitative estimate of drug-likeness (QED) is 0.742. The lowest BCUT2D eigenvalue weighted by molar-refractivity contribution is 0.594. The first-order valence-electron chi connectivity index (χ1n) is 3.06. The Hall–Kier alpha value is -0.170. The number of hydrogen-bond acceptors (Lipinski definition) is 2. The summed E-state index contributed by atoms with van der Waals surface area (Å²) >= 11 is 1.80. The van der Waals surface area contributed by atoms with Gasteiger partial charge in [0.2, 0.25) is 0 Å². The van der Waals surface area contributed by atoms with Gasteiger partial charge in [0.25, 0.3) is 0 Å². The highest BCUT2D eigenvalue weighted by molar-refractivity contribution is 14.1. The minimum atomic E-state index is -3.29. The normalized spacial score (nSPS) is 11.6. The molecule has 5 heteroatoms. The lowest BCUT2D eigenvalue weighted by Crippen LogP contribution is -1.98. The molecule has 0 atom stereocenters. The highest BCUT2D eigenvalue weighted by Crippen LogP contribution is 2.15. The Morgan fingerprint density at radius 1 is 1.42 bits per heavy atom. The molecule has 66 valence electrons. The van der Waals surface area contributed by atoms with Crippen LogP contribution < -0.4 is 0 Å². The second-order valence-corrected chi connectivity index (χ2v) is 5.53. The van der Waals surface area contributed by atoms with Crippen molar-refractivity contribution in [2.24, 2.45) is 0 Å². The molecule has 12 heavy (non-hydrogen) atoms. The van der Waals surface area contributed by atoms with Gasteiger partial charge in [-0.25, -0.2) is 12.8 Å². The first-order valence-corrected chi connectivity index (χ1v) is 6.03. The van der Waals surface area contributed by atoms with Crippen LogP contribution in [0.1, 0.15) is 0 Å². The van der Waals surface area contributed by atoms with Crippen molar-refractivity contribution >= 4 is 32.4 Å². The van der Waals surface area contributed by atoms with E-state index in [9.17, 15) is 12.8 Å². The van der Waals surface area contributed by atoms with Gasteiger partial charge in [-0.05, 0) is 40.8 Å². The third-order valence-corrected chi connectivity index (χ3v) is 3.30. The summed E-state index contributed by atoms with van der Waals surface area (Å²) in [6, 6.07) is 3.85. The molecule has 1 rings (SSSR count). The fourth-order valence-corrected chi connectivity index (χ4v) is 1.68. The Morgan fingerprint density at radius 2 is 2.00 bits per heavy atom. The van der Waals surface area contributed by atoms with Gasteiger partial charge in [0, 0.05) is 9.83 Å². The SMILES string of the molecule is CS(=O)(=O)c1ccc(I)c(F)c1. The van der Waals surface area contributed by atoms with Crippen LogP contribution in [0.25, 0.3) is 0 Å². The summed E-state index contributed by atoms with van der Waals surface area (Å²) in [5.74, 6) is -0.501. The van der Waals surface area contributed by atoms with Gasteiger partial charge in [0.15, 0.2) is 9.84 Å². The molecule has 0 aromatic heterocycles. The molecule has 1 aromatic rings. The van der Waals surface area contributed by atoms with E-state index in [-0.39, 0.29) is 4.90 Å². The zero-order valence-electron chi connectivity index (χ0n) is 6.21. The predicted octanol–water partition coefficient (Wildman–Crippen LogP) is 1.83. The van der Waals surface area contributed by atoms with Gasteiger partial charge in [-0.1, -0.05) is 0 Å². The fraction of sp³-hybridized carbons (Fsp3) is 0.143. The summed E-state index contributed by atoms with van der Waals surface area (Å²) in [6.45, 7) is 0. The van der Waals surface area contributed by atoms with Crippen molar-refractivity contribution in [1.29, 1.82) is 0 Å². The van der Waals surface area contributed by atoms with Gasteiger partial charge in [-0.15, -0.1) is 0 Å². The summed E-state index contributed by atoms with van der Waals surface area (Å²) in [5, 5.41) is 0. The lowest BCUT2D eigenvalue weighted by Gasteiger charge is -1.98. The van der Waals surface area contributed by atoms with E-state index < -0.39 is 15.7 Å². The molecule has 2 nitrogen and oxygen atoms in total. The van der Waals surface area contributed by atoms with Crippen molar-refractivity contribution in [2.75, 3.05) is 6.26 Å². The number of rotatable bonds is 1. The lowest BCUT2D eigenvalue weighted by atomic mass is 10.3. The van der Waals surface area contributed by atoms with E-state index in [1.165, 1.54) is 12.1 Å². The second-order valence-electron chi connectivity index (χ2n) is 2.35. The number of halogens is 2. The van der Waals surface area contributed by atoms with Crippen molar-refractivity contribution in [2.45, 2.75) is 4.90 Å². The molecule has 1 aromatic carbocycles. The minimum Gasteiger partial charge on any atom is -0.224 e. The molecule has 0 saturated carbocycles. The standard InChI is InChI=1S/C7H6FIO2S/c1-12(10,11)5-2-3-7(9)6(8)4-5/h2-4H,1H3. The molecule has 0 bridgehead atoms. The molecular weight excluding hydrogens is 294 g/mol. The van der Waals surface area contributed by atoms with Gasteiger partial charge in [-0.3, -0.25) is 0 Å². The molecule has 0 aliphatic heterocycles. The van der Waals surface area contributed by atoms with E-state index in [0.717, 1.165) is 12.3 Å². The third-order valence-electron chi connectivity index (χ3n) is 1.32. The largest absolute Gasteiger partial charge is 0.224 e. The van der Waals surface area contributed by atoms with E-state index in [2.05, 4.69) is 0 Å². The molecule has 0 aliphatic rings. The van der Waals surface area contributed by atoms with E-state index in [0.29, 0.717) is 3.57 Å². The van der Waals surface area contributed by atoms with Crippen LogP contribution in [-0.4, -0.2) is 14.7 Å². The Kier molecular flexibility index (Phi) is 2.72. The van der Waals surface area contributed by atoms with E-state index >= 15 is 0 Å². The van der Waals surface area contributed by atoms with Crippen LogP contribution >= 0.6 is 22.6 Å². The summed E-state index contributed by atoms with van der Waals surface area (Å²) in [5.41, 5.74) is 0. The van der Waals surface area contributed by atoms with Crippen LogP contribution in [0, 0.1) is 9.39 Å². The van der Waals surface area contributed by atoms with Gasteiger partial charge >= 0.3 is 0 Å². The Morgan fingerprint density at radius 3 is 2.42 bits per heavy atom. The monoisotopic (exact) mass is 300 g/mol. The smallest absolute Gasteiger partial charge is 0.175 e. The maximum atomic E-state index is 12.8. The number of sulfone groups is 1. The molecule has 0 heterocycles. The first-order chi connectivity index (χ1) is 5.41. The maximum absolute atomic E-state index is 12.8. The average molecular weight is 300 g/mol. The number of benzene rings is 1. The van der Waals surface area contributed by atoms with Crippen LogP contribution in [0.3, 0.4) is 0 Å².